The lowest BCUT2D eigenvalue weighted by Gasteiger charge is -2.34. The molecule has 0 aromatic heterocycles. The largest absolute Gasteiger partial charge is 0.369 e. The van der Waals surface area contributed by atoms with Gasteiger partial charge in [-0.3, -0.25) is 0 Å². The molecule has 0 saturated carbocycles. The van der Waals surface area contributed by atoms with Gasteiger partial charge in [-0.15, -0.1) is 0 Å². The monoisotopic (exact) mass is 371 g/mol. The second-order valence-corrected chi connectivity index (χ2v) is 6.86. The summed E-state index contributed by atoms with van der Waals surface area (Å²) in [4.78, 5) is 0. The molecule has 0 aliphatic carbocycles. The fourth-order valence-electron chi connectivity index (χ4n) is 3.57. The van der Waals surface area contributed by atoms with Crippen molar-refractivity contribution in [1.82, 2.24) is 5.32 Å². The molecule has 0 aliphatic rings. The van der Waals surface area contributed by atoms with Crippen molar-refractivity contribution in [3.8, 4) is 0 Å². The summed E-state index contributed by atoms with van der Waals surface area (Å²) >= 11 is 0. The van der Waals surface area contributed by atoms with Gasteiger partial charge >= 0.3 is 0 Å². The van der Waals surface area contributed by atoms with Crippen LogP contribution in [0.3, 0.4) is 0 Å². The number of hydrogen-bond donors (Lipinski definition) is 1. The van der Waals surface area contributed by atoms with Crippen molar-refractivity contribution in [3.05, 3.63) is 114 Å². The van der Waals surface area contributed by atoms with E-state index in [1.807, 2.05) is 25.3 Å². The highest BCUT2D eigenvalue weighted by atomic mass is 16.5. The van der Waals surface area contributed by atoms with Gasteiger partial charge < -0.3 is 10.1 Å². The van der Waals surface area contributed by atoms with Gasteiger partial charge in [-0.2, -0.15) is 0 Å². The summed E-state index contributed by atoms with van der Waals surface area (Å²) < 4.78 is 6.14. The van der Waals surface area contributed by atoms with Crippen molar-refractivity contribution in [2.24, 2.45) is 0 Å². The van der Waals surface area contributed by atoms with Crippen LogP contribution in [0.2, 0.25) is 0 Å². The Morgan fingerprint density at radius 2 is 1.29 bits per heavy atom. The van der Waals surface area contributed by atoms with E-state index >= 15 is 0 Å². The van der Waals surface area contributed by atoms with Crippen LogP contribution in [0.1, 0.15) is 29.5 Å². The van der Waals surface area contributed by atoms with Crippen molar-refractivity contribution in [1.29, 1.82) is 0 Å². The van der Waals surface area contributed by atoms with Crippen LogP contribution in [0.5, 0.6) is 0 Å². The van der Waals surface area contributed by atoms with E-state index in [-0.39, 0.29) is 0 Å². The zero-order valence-electron chi connectivity index (χ0n) is 16.6. The van der Waals surface area contributed by atoms with Gasteiger partial charge in [0.15, 0.2) is 0 Å². The van der Waals surface area contributed by atoms with Crippen LogP contribution < -0.4 is 5.32 Å². The number of benzene rings is 3. The normalized spacial score (nSPS) is 11.8. The maximum absolute atomic E-state index is 6.14. The number of hydrogen-bond acceptors (Lipinski definition) is 2. The Bertz CT molecular complexity index is 789. The summed E-state index contributed by atoms with van der Waals surface area (Å²) in [6.07, 6.45) is 6.28. The Morgan fingerprint density at radius 3 is 1.82 bits per heavy atom. The molecule has 2 heteroatoms. The molecule has 0 fully saturated rings. The molecule has 1 N–H and O–H groups in total. The molecule has 3 aromatic rings. The predicted octanol–water partition coefficient (Wildman–Crippen LogP) is 5.66. The van der Waals surface area contributed by atoms with Gasteiger partial charge in [-0.1, -0.05) is 103 Å². The van der Waals surface area contributed by atoms with Gasteiger partial charge in [0.1, 0.15) is 5.60 Å². The molecule has 3 aromatic carbocycles. The molecule has 2 nitrogen and oxygen atoms in total. The zero-order valence-corrected chi connectivity index (χ0v) is 16.6. The standard InChI is InChI=1S/C26H29NO/c1-28-26(24-16-7-3-8-17-24,25-18-9-4-10-19-25)20-22-27-21-12-11-15-23-13-5-2-6-14-23/h2-11,13-19,27H,12,20-22H2,1H3/b15-11+. The van der Waals surface area contributed by atoms with Crippen molar-refractivity contribution in [2.75, 3.05) is 20.2 Å². The van der Waals surface area contributed by atoms with Crippen molar-refractivity contribution in [2.45, 2.75) is 18.4 Å². The van der Waals surface area contributed by atoms with Crippen LogP contribution in [0.15, 0.2) is 97.1 Å². The van der Waals surface area contributed by atoms with Gasteiger partial charge in [0, 0.05) is 7.11 Å². The highest BCUT2D eigenvalue weighted by Crippen LogP contribution is 2.36. The Balaban J connectivity index is 1.59. The van der Waals surface area contributed by atoms with E-state index in [1.165, 1.54) is 16.7 Å². The molecule has 0 amide bonds. The first-order chi connectivity index (χ1) is 13.8. The molecule has 3 rings (SSSR count). The second kappa shape index (κ2) is 10.6. The quantitative estimate of drug-likeness (QED) is 0.464. The Hall–Kier alpha value is -2.68. The van der Waals surface area contributed by atoms with Crippen LogP contribution in [0.4, 0.5) is 0 Å². The van der Waals surface area contributed by atoms with Crippen LogP contribution in [-0.2, 0) is 10.3 Å². The minimum atomic E-state index is -0.435. The van der Waals surface area contributed by atoms with E-state index in [0.717, 1.165) is 25.9 Å². The maximum Gasteiger partial charge on any atom is 0.119 e. The van der Waals surface area contributed by atoms with E-state index < -0.39 is 5.60 Å². The van der Waals surface area contributed by atoms with Crippen molar-refractivity contribution >= 4 is 6.08 Å². The highest BCUT2D eigenvalue weighted by Gasteiger charge is 2.33. The smallest absolute Gasteiger partial charge is 0.119 e. The summed E-state index contributed by atoms with van der Waals surface area (Å²) in [6.45, 7) is 1.84. The molecule has 0 spiro atoms. The molecule has 144 valence electrons. The van der Waals surface area contributed by atoms with E-state index in [9.17, 15) is 0 Å². The van der Waals surface area contributed by atoms with Crippen LogP contribution >= 0.6 is 0 Å². The molecule has 0 radical (unpaired) electrons. The minimum Gasteiger partial charge on any atom is -0.369 e. The lowest BCUT2D eigenvalue weighted by Crippen LogP contribution is -2.34. The summed E-state index contributed by atoms with van der Waals surface area (Å²) in [7, 11) is 1.81. The highest BCUT2D eigenvalue weighted by molar-refractivity contribution is 5.48. The summed E-state index contributed by atoms with van der Waals surface area (Å²) in [5.74, 6) is 0. The first kappa shape index (κ1) is 20.1. The van der Waals surface area contributed by atoms with Gasteiger partial charge in [0.2, 0.25) is 0 Å². The van der Waals surface area contributed by atoms with Crippen molar-refractivity contribution < 1.29 is 4.74 Å². The van der Waals surface area contributed by atoms with Gasteiger partial charge in [0.05, 0.1) is 0 Å². The minimum absolute atomic E-state index is 0.435. The first-order valence-electron chi connectivity index (χ1n) is 9.94. The van der Waals surface area contributed by atoms with Gasteiger partial charge in [-0.05, 0) is 42.6 Å². The zero-order chi connectivity index (χ0) is 19.5. The number of rotatable bonds is 10. The molecule has 0 heterocycles. The molecule has 0 bridgehead atoms. The van der Waals surface area contributed by atoms with Crippen LogP contribution in [0.25, 0.3) is 6.08 Å². The molecule has 0 unspecified atom stereocenters. The third-order valence-corrected chi connectivity index (χ3v) is 5.08. The third kappa shape index (κ3) is 5.19. The number of nitrogens with one attached hydrogen (secondary N) is 1. The van der Waals surface area contributed by atoms with Gasteiger partial charge in [0.25, 0.3) is 0 Å². The summed E-state index contributed by atoms with van der Waals surface area (Å²) in [6, 6.07) is 31.4. The third-order valence-electron chi connectivity index (χ3n) is 5.08. The van der Waals surface area contributed by atoms with E-state index in [1.54, 1.807) is 0 Å². The van der Waals surface area contributed by atoms with Crippen LogP contribution in [0, 0.1) is 0 Å². The lowest BCUT2D eigenvalue weighted by molar-refractivity contribution is 0.0148. The second-order valence-electron chi connectivity index (χ2n) is 6.86. The SMILES string of the molecule is COC(CCNCC/C=C/c1ccccc1)(c1ccccc1)c1ccccc1. The molecule has 0 atom stereocenters. The Morgan fingerprint density at radius 1 is 0.750 bits per heavy atom. The lowest BCUT2D eigenvalue weighted by atomic mass is 9.83. The fourth-order valence-corrected chi connectivity index (χ4v) is 3.57. The van der Waals surface area contributed by atoms with E-state index in [4.69, 9.17) is 4.74 Å². The molecule has 0 aliphatic heterocycles. The molecular weight excluding hydrogens is 342 g/mol. The topological polar surface area (TPSA) is 21.3 Å². The maximum atomic E-state index is 6.14. The fraction of sp³-hybridized carbons (Fsp3) is 0.231. The molecule has 0 saturated heterocycles. The summed E-state index contributed by atoms with van der Waals surface area (Å²) in [5.41, 5.74) is 3.19. The number of ether oxygens (including phenoxy) is 1. The Kier molecular flexibility index (Phi) is 7.60. The van der Waals surface area contributed by atoms with Gasteiger partial charge in [-0.25, -0.2) is 0 Å². The van der Waals surface area contributed by atoms with Crippen LogP contribution in [-0.4, -0.2) is 20.2 Å². The Labute approximate surface area is 168 Å². The average Bonchev–Trinajstić information content (AvgIpc) is 2.78. The molecule has 28 heavy (non-hydrogen) atoms. The van der Waals surface area contributed by atoms with Crippen molar-refractivity contribution in [3.63, 3.8) is 0 Å². The van der Waals surface area contributed by atoms with E-state index in [0.29, 0.717) is 0 Å². The average molecular weight is 372 g/mol. The predicted molar refractivity (Wildman–Crippen MR) is 118 cm³/mol. The van der Waals surface area contributed by atoms with E-state index in [2.05, 4.69) is 90.3 Å². The molecular formula is C26H29NO. The first-order valence-corrected chi connectivity index (χ1v) is 9.94. The number of methoxy groups -OCH3 is 1. The summed E-state index contributed by atoms with van der Waals surface area (Å²) in [5, 5.41) is 3.57.